The van der Waals surface area contributed by atoms with Gasteiger partial charge in [-0.05, 0) is 61.6 Å². The first kappa shape index (κ1) is 20.8. The fourth-order valence-corrected chi connectivity index (χ4v) is 5.15. The molecule has 0 saturated heterocycles. The molecule has 1 aromatic carbocycles. The van der Waals surface area contributed by atoms with Gasteiger partial charge in [0, 0.05) is 10.4 Å². The van der Waals surface area contributed by atoms with Gasteiger partial charge < -0.3 is 14.6 Å². The Hall–Kier alpha value is -4.05. The van der Waals surface area contributed by atoms with Crippen molar-refractivity contribution >= 4 is 39.7 Å². The third-order valence-electron chi connectivity index (χ3n) is 5.51. The van der Waals surface area contributed by atoms with E-state index < -0.39 is 11.9 Å². The fraction of sp³-hybridized carbons (Fsp3) is 0.174. The molecule has 5 rings (SSSR count). The number of carboxylic acids is 2. The normalized spacial score (nSPS) is 13.5. The molecule has 0 spiro atoms. The molecule has 2 N–H and O–H groups in total. The van der Waals surface area contributed by atoms with Crippen molar-refractivity contribution in [1.82, 2.24) is 9.66 Å². The maximum atomic E-state index is 13.0. The molecule has 0 saturated carbocycles. The first-order chi connectivity index (χ1) is 15.9. The number of carboxylic acid groups (broad SMARTS) is 2. The second-order valence-electron chi connectivity index (χ2n) is 7.64. The number of aryl methyl sites for hydroxylation is 2. The Morgan fingerprint density at radius 3 is 2.55 bits per heavy atom. The van der Waals surface area contributed by atoms with Crippen molar-refractivity contribution in [2.24, 2.45) is 5.10 Å². The monoisotopic (exact) mass is 463 g/mol. The van der Waals surface area contributed by atoms with Crippen molar-refractivity contribution in [3.8, 4) is 11.3 Å². The Morgan fingerprint density at radius 1 is 1.09 bits per heavy atom. The number of aromatic nitrogens is 2. The average molecular weight is 463 g/mol. The van der Waals surface area contributed by atoms with Crippen LogP contribution in [0, 0.1) is 0 Å². The summed E-state index contributed by atoms with van der Waals surface area (Å²) in [6.45, 7) is 0. The van der Waals surface area contributed by atoms with Crippen LogP contribution in [0.5, 0.6) is 0 Å². The first-order valence-corrected chi connectivity index (χ1v) is 11.0. The summed E-state index contributed by atoms with van der Waals surface area (Å²) in [5.74, 6) is -1.91. The molecule has 10 heteroatoms. The van der Waals surface area contributed by atoms with E-state index in [2.05, 4.69) is 10.1 Å². The summed E-state index contributed by atoms with van der Waals surface area (Å²) >= 11 is 1.57. The minimum atomic E-state index is -1.24. The zero-order chi connectivity index (χ0) is 23.1. The van der Waals surface area contributed by atoms with Gasteiger partial charge in [0.1, 0.15) is 22.7 Å². The van der Waals surface area contributed by atoms with Gasteiger partial charge in [-0.1, -0.05) is 0 Å². The Bertz CT molecular complexity index is 1480. The largest absolute Gasteiger partial charge is 0.478 e. The van der Waals surface area contributed by atoms with Crippen molar-refractivity contribution in [1.29, 1.82) is 0 Å². The third-order valence-corrected chi connectivity index (χ3v) is 6.71. The maximum Gasteiger partial charge on any atom is 0.335 e. The van der Waals surface area contributed by atoms with Crippen LogP contribution in [0.25, 0.3) is 21.5 Å². The lowest BCUT2D eigenvalue weighted by atomic mass is 9.97. The van der Waals surface area contributed by atoms with Crippen LogP contribution in [0.4, 0.5) is 0 Å². The predicted molar refractivity (Wildman–Crippen MR) is 122 cm³/mol. The molecule has 33 heavy (non-hydrogen) atoms. The van der Waals surface area contributed by atoms with E-state index in [1.165, 1.54) is 34.2 Å². The second kappa shape index (κ2) is 8.14. The Kier molecular flexibility index (Phi) is 5.14. The van der Waals surface area contributed by atoms with Gasteiger partial charge in [-0.3, -0.25) is 4.79 Å². The van der Waals surface area contributed by atoms with Crippen molar-refractivity contribution in [3.05, 3.63) is 74.3 Å². The number of nitrogens with zero attached hydrogens (tertiary/aromatic N) is 3. The molecule has 9 nitrogen and oxygen atoms in total. The van der Waals surface area contributed by atoms with Crippen molar-refractivity contribution < 1.29 is 24.2 Å². The summed E-state index contributed by atoms with van der Waals surface area (Å²) in [7, 11) is 0. The SMILES string of the molecule is O=C(O)c1cc(C(=O)O)cc(-c2ccc(C=Nn3cnc4sc5c(c4c3=O)CCCC5)o2)c1. The molecule has 0 unspecified atom stereocenters. The molecule has 0 radical (unpaired) electrons. The van der Waals surface area contributed by atoms with Gasteiger partial charge in [-0.25, -0.2) is 14.6 Å². The first-order valence-electron chi connectivity index (χ1n) is 10.2. The highest BCUT2D eigenvalue weighted by atomic mass is 32.1. The quantitative estimate of drug-likeness (QED) is 0.429. The van der Waals surface area contributed by atoms with Crippen LogP contribution in [0.1, 0.15) is 49.8 Å². The lowest BCUT2D eigenvalue weighted by molar-refractivity contribution is 0.0696. The van der Waals surface area contributed by atoms with Crippen LogP contribution in [-0.2, 0) is 12.8 Å². The number of fused-ring (bicyclic) bond motifs is 3. The Labute approximate surface area is 190 Å². The van der Waals surface area contributed by atoms with Gasteiger partial charge in [0.2, 0.25) is 0 Å². The van der Waals surface area contributed by atoms with Crippen LogP contribution in [0.15, 0.2) is 51.0 Å². The Morgan fingerprint density at radius 2 is 1.82 bits per heavy atom. The van der Waals surface area contributed by atoms with Gasteiger partial charge in [-0.15, -0.1) is 11.3 Å². The number of benzene rings is 1. The minimum absolute atomic E-state index is 0.165. The molecule has 3 aromatic heterocycles. The van der Waals surface area contributed by atoms with Crippen LogP contribution in [-0.4, -0.2) is 38.0 Å². The van der Waals surface area contributed by atoms with Gasteiger partial charge in [-0.2, -0.15) is 9.78 Å². The van der Waals surface area contributed by atoms with E-state index in [4.69, 9.17) is 4.42 Å². The average Bonchev–Trinajstić information content (AvgIpc) is 3.43. The second-order valence-corrected chi connectivity index (χ2v) is 8.72. The third kappa shape index (κ3) is 3.85. The van der Waals surface area contributed by atoms with E-state index in [1.807, 2.05) is 0 Å². The molecule has 0 aliphatic heterocycles. The summed E-state index contributed by atoms with van der Waals surface area (Å²) in [6.07, 6.45) is 6.75. The van der Waals surface area contributed by atoms with Gasteiger partial charge in [0.15, 0.2) is 0 Å². The molecular formula is C23H17N3O6S. The summed E-state index contributed by atoms with van der Waals surface area (Å²) in [6, 6.07) is 6.91. The molecular weight excluding hydrogens is 446 g/mol. The molecule has 0 amide bonds. The highest BCUT2D eigenvalue weighted by Crippen LogP contribution is 2.33. The fourth-order valence-electron chi connectivity index (χ4n) is 3.93. The Balaban J connectivity index is 1.47. The number of carbonyl (C=O) groups is 2. The molecule has 3 heterocycles. The van der Waals surface area contributed by atoms with Crippen LogP contribution >= 0.6 is 11.3 Å². The maximum absolute atomic E-state index is 13.0. The number of aromatic carboxylic acids is 2. The molecule has 166 valence electrons. The lowest BCUT2D eigenvalue weighted by Gasteiger charge is -2.09. The van der Waals surface area contributed by atoms with Crippen LogP contribution < -0.4 is 5.56 Å². The molecule has 0 bridgehead atoms. The minimum Gasteiger partial charge on any atom is -0.478 e. The van der Waals surface area contributed by atoms with E-state index in [0.29, 0.717) is 16.7 Å². The van der Waals surface area contributed by atoms with Crippen molar-refractivity contribution in [3.63, 3.8) is 0 Å². The van der Waals surface area contributed by atoms with Gasteiger partial charge in [0.05, 0.1) is 22.7 Å². The number of rotatable bonds is 5. The molecule has 0 atom stereocenters. The summed E-state index contributed by atoms with van der Waals surface area (Å²) in [5, 5.41) is 23.3. The molecule has 1 aliphatic carbocycles. The van der Waals surface area contributed by atoms with E-state index >= 15 is 0 Å². The van der Waals surface area contributed by atoms with E-state index in [0.717, 1.165) is 42.1 Å². The number of furan rings is 1. The standard InChI is InChI=1S/C23H17N3O6S/c27-21-19-16-3-1-2-4-18(16)33-20(19)24-11-26(21)25-10-15-5-6-17(32-15)12-7-13(22(28)29)9-14(8-12)23(30)31/h5-11H,1-4H2,(H,28,29)(H,30,31). The summed E-state index contributed by atoms with van der Waals surface area (Å²) < 4.78 is 6.86. The predicted octanol–water partition coefficient (Wildman–Crippen LogP) is 3.88. The lowest BCUT2D eigenvalue weighted by Crippen LogP contribution is -2.17. The van der Waals surface area contributed by atoms with E-state index in [-0.39, 0.29) is 22.4 Å². The summed E-state index contributed by atoms with van der Waals surface area (Å²) in [5.41, 5.74) is 0.819. The van der Waals surface area contributed by atoms with Crippen LogP contribution in [0.3, 0.4) is 0 Å². The number of hydrogen-bond acceptors (Lipinski definition) is 7. The molecule has 0 fully saturated rings. The highest BCUT2D eigenvalue weighted by Gasteiger charge is 2.20. The zero-order valence-corrected chi connectivity index (χ0v) is 18.0. The van der Waals surface area contributed by atoms with Crippen molar-refractivity contribution in [2.75, 3.05) is 0 Å². The molecule has 1 aliphatic rings. The van der Waals surface area contributed by atoms with Gasteiger partial charge in [0.25, 0.3) is 5.56 Å². The highest BCUT2D eigenvalue weighted by molar-refractivity contribution is 7.18. The van der Waals surface area contributed by atoms with E-state index in [1.54, 1.807) is 23.5 Å². The molecule has 4 aromatic rings. The number of thiophene rings is 1. The topological polar surface area (TPSA) is 135 Å². The zero-order valence-electron chi connectivity index (χ0n) is 17.1. The summed E-state index contributed by atoms with van der Waals surface area (Å²) in [4.78, 5) is 42.0. The smallest absolute Gasteiger partial charge is 0.335 e. The number of hydrogen-bond donors (Lipinski definition) is 2. The van der Waals surface area contributed by atoms with E-state index in [9.17, 15) is 24.6 Å². The van der Waals surface area contributed by atoms with Crippen LogP contribution in [0.2, 0.25) is 0 Å². The van der Waals surface area contributed by atoms with Crippen molar-refractivity contribution in [2.45, 2.75) is 25.7 Å². The van der Waals surface area contributed by atoms with Gasteiger partial charge >= 0.3 is 11.9 Å².